The van der Waals surface area contributed by atoms with Gasteiger partial charge in [0.15, 0.2) is 0 Å². The Morgan fingerprint density at radius 2 is 2.36 bits per heavy atom. The summed E-state index contributed by atoms with van der Waals surface area (Å²) >= 11 is 2.21. The van der Waals surface area contributed by atoms with Gasteiger partial charge in [-0.15, -0.1) is 0 Å². The van der Waals surface area contributed by atoms with Crippen LogP contribution in [0.2, 0.25) is 0 Å². The first-order chi connectivity index (χ1) is 6.72. The molecule has 0 saturated carbocycles. The molecule has 70 valence electrons. The highest BCUT2D eigenvalue weighted by molar-refractivity contribution is 14.1. The average molecular weight is 297 g/mol. The van der Waals surface area contributed by atoms with Gasteiger partial charge in [0.1, 0.15) is 3.70 Å². The van der Waals surface area contributed by atoms with Crippen molar-refractivity contribution in [1.82, 2.24) is 9.78 Å². The Morgan fingerprint density at radius 3 is 3.07 bits per heavy atom. The summed E-state index contributed by atoms with van der Waals surface area (Å²) in [5.74, 6) is 0. The first-order valence-electron chi connectivity index (χ1n) is 4.20. The smallest absolute Gasteiger partial charge is 0.131 e. The van der Waals surface area contributed by atoms with E-state index in [0.717, 1.165) is 20.2 Å². The summed E-state index contributed by atoms with van der Waals surface area (Å²) in [5, 5.41) is 14.0. The van der Waals surface area contributed by atoms with Crippen LogP contribution in [0.5, 0.6) is 0 Å². The maximum absolute atomic E-state index is 8.59. The van der Waals surface area contributed by atoms with Crippen molar-refractivity contribution >= 4 is 33.5 Å². The van der Waals surface area contributed by atoms with Crippen molar-refractivity contribution in [2.45, 2.75) is 6.42 Å². The molecule has 0 atom stereocenters. The van der Waals surface area contributed by atoms with Crippen LogP contribution < -0.4 is 0 Å². The molecule has 4 heteroatoms. The molecule has 0 fully saturated rings. The summed E-state index contributed by atoms with van der Waals surface area (Å²) < 4.78 is 2.84. The Labute approximate surface area is 95.5 Å². The highest BCUT2D eigenvalue weighted by Crippen LogP contribution is 2.20. The van der Waals surface area contributed by atoms with Crippen LogP contribution in [0, 0.1) is 15.0 Å². The summed E-state index contributed by atoms with van der Waals surface area (Å²) in [6.45, 7) is 0. The lowest BCUT2D eigenvalue weighted by Crippen LogP contribution is -1.89. The number of nitriles is 1. The fourth-order valence-electron chi connectivity index (χ4n) is 1.47. The second kappa shape index (κ2) is 3.58. The molecule has 0 aliphatic heterocycles. The Hall–Kier alpha value is -1.09. The van der Waals surface area contributed by atoms with Crippen molar-refractivity contribution in [3.63, 3.8) is 0 Å². The van der Waals surface area contributed by atoms with E-state index in [1.54, 1.807) is 0 Å². The number of fused-ring (bicyclic) bond motifs is 1. The van der Waals surface area contributed by atoms with Crippen molar-refractivity contribution in [3.05, 3.63) is 27.5 Å². The number of nitrogens with zero attached hydrogens (tertiary/aromatic N) is 3. The van der Waals surface area contributed by atoms with Gasteiger partial charge < -0.3 is 0 Å². The van der Waals surface area contributed by atoms with Gasteiger partial charge in [0.05, 0.1) is 18.0 Å². The summed E-state index contributed by atoms with van der Waals surface area (Å²) in [6.07, 6.45) is 0.459. The molecule has 2 rings (SSSR count). The lowest BCUT2D eigenvalue weighted by Gasteiger charge is -1.96. The van der Waals surface area contributed by atoms with Crippen LogP contribution in [0.3, 0.4) is 0 Å². The number of halogens is 1. The van der Waals surface area contributed by atoms with Crippen LogP contribution in [0.25, 0.3) is 10.9 Å². The normalized spacial score (nSPS) is 10.4. The molecule has 0 unspecified atom stereocenters. The van der Waals surface area contributed by atoms with E-state index in [9.17, 15) is 0 Å². The van der Waals surface area contributed by atoms with E-state index in [2.05, 4.69) is 33.8 Å². The Balaban J connectivity index is 2.66. The van der Waals surface area contributed by atoms with Gasteiger partial charge in [-0.05, 0) is 40.3 Å². The molecule has 1 heterocycles. The SMILES string of the molecule is Cn1nc(I)c2cc(CC#N)ccc21. The highest BCUT2D eigenvalue weighted by Gasteiger charge is 2.05. The van der Waals surface area contributed by atoms with E-state index in [4.69, 9.17) is 5.26 Å². The maximum Gasteiger partial charge on any atom is 0.131 e. The van der Waals surface area contributed by atoms with Gasteiger partial charge in [-0.1, -0.05) is 6.07 Å². The van der Waals surface area contributed by atoms with Crippen molar-refractivity contribution < 1.29 is 0 Å². The largest absolute Gasteiger partial charge is 0.267 e. The highest BCUT2D eigenvalue weighted by atomic mass is 127. The molecule has 0 radical (unpaired) electrons. The van der Waals surface area contributed by atoms with Crippen molar-refractivity contribution in [2.75, 3.05) is 0 Å². The maximum atomic E-state index is 8.59. The number of hydrogen-bond donors (Lipinski definition) is 0. The van der Waals surface area contributed by atoms with E-state index in [0.29, 0.717) is 6.42 Å². The third-order valence-corrected chi connectivity index (χ3v) is 2.95. The minimum Gasteiger partial charge on any atom is -0.267 e. The van der Waals surface area contributed by atoms with Crippen molar-refractivity contribution in [2.24, 2.45) is 7.05 Å². The average Bonchev–Trinajstić information content (AvgIpc) is 2.43. The van der Waals surface area contributed by atoms with Gasteiger partial charge >= 0.3 is 0 Å². The summed E-state index contributed by atoms with van der Waals surface area (Å²) in [5.41, 5.74) is 2.15. The van der Waals surface area contributed by atoms with Gasteiger partial charge in [-0.2, -0.15) is 10.4 Å². The van der Waals surface area contributed by atoms with Crippen molar-refractivity contribution in [1.29, 1.82) is 5.26 Å². The summed E-state index contributed by atoms with van der Waals surface area (Å²) in [7, 11) is 1.93. The molecule has 0 N–H and O–H groups in total. The molecule has 0 amide bonds. The molecule has 2 aromatic rings. The number of aryl methyl sites for hydroxylation is 1. The summed E-state index contributed by atoms with van der Waals surface area (Å²) in [4.78, 5) is 0. The van der Waals surface area contributed by atoms with E-state index in [-0.39, 0.29) is 0 Å². The molecule has 0 bridgehead atoms. The zero-order chi connectivity index (χ0) is 10.1. The monoisotopic (exact) mass is 297 g/mol. The number of benzene rings is 1. The number of rotatable bonds is 1. The predicted molar refractivity (Wildman–Crippen MR) is 62.7 cm³/mol. The Bertz CT molecular complexity index is 522. The third-order valence-electron chi connectivity index (χ3n) is 2.15. The van der Waals surface area contributed by atoms with Gasteiger partial charge in [-0.3, -0.25) is 4.68 Å². The minimum atomic E-state index is 0.459. The molecule has 14 heavy (non-hydrogen) atoms. The van der Waals surface area contributed by atoms with E-state index >= 15 is 0 Å². The van der Waals surface area contributed by atoms with Gasteiger partial charge in [0.25, 0.3) is 0 Å². The van der Waals surface area contributed by atoms with Crippen LogP contribution >= 0.6 is 22.6 Å². The lowest BCUT2D eigenvalue weighted by molar-refractivity contribution is 0.787. The number of hydrogen-bond acceptors (Lipinski definition) is 2. The molecule has 0 aliphatic rings. The molecule has 0 spiro atoms. The molecular weight excluding hydrogens is 289 g/mol. The van der Waals surface area contributed by atoms with Gasteiger partial charge in [0.2, 0.25) is 0 Å². The number of aromatic nitrogens is 2. The lowest BCUT2D eigenvalue weighted by atomic mass is 10.1. The van der Waals surface area contributed by atoms with Gasteiger partial charge in [-0.25, -0.2) is 0 Å². The zero-order valence-electron chi connectivity index (χ0n) is 7.66. The fourth-order valence-corrected chi connectivity index (χ4v) is 2.23. The Kier molecular flexibility index (Phi) is 2.42. The fraction of sp³-hybridized carbons (Fsp3) is 0.200. The van der Waals surface area contributed by atoms with E-state index in [1.807, 2.05) is 29.9 Å². The molecule has 0 aliphatic carbocycles. The van der Waals surface area contributed by atoms with Crippen LogP contribution in [0.1, 0.15) is 5.56 Å². The van der Waals surface area contributed by atoms with Gasteiger partial charge in [0, 0.05) is 12.4 Å². The molecule has 1 aromatic carbocycles. The molecular formula is C10H8IN3. The molecule has 0 saturated heterocycles. The minimum absolute atomic E-state index is 0.459. The van der Waals surface area contributed by atoms with Crippen LogP contribution in [0.15, 0.2) is 18.2 Å². The van der Waals surface area contributed by atoms with Crippen LogP contribution in [-0.2, 0) is 13.5 Å². The summed E-state index contributed by atoms with van der Waals surface area (Å²) in [6, 6.07) is 8.17. The zero-order valence-corrected chi connectivity index (χ0v) is 9.82. The molecule has 1 aromatic heterocycles. The van der Waals surface area contributed by atoms with E-state index < -0.39 is 0 Å². The second-order valence-electron chi connectivity index (χ2n) is 3.10. The van der Waals surface area contributed by atoms with Crippen LogP contribution in [0.4, 0.5) is 0 Å². The first kappa shape index (κ1) is 9.46. The standard InChI is InChI=1S/C10H8IN3/c1-14-9-3-2-7(4-5-12)6-8(9)10(11)13-14/h2-3,6H,4H2,1H3. The third kappa shape index (κ3) is 1.48. The van der Waals surface area contributed by atoms with Crippen LogP contribution in [-0.4, -0.2) is 9.78 Å². The van der Waals surface area contributed by atoms with E-state index in [1.165, 1.54) is 0 Å². The topological polar surface area (TPSA) is 41.6 Å². The second-order valence-corrected chi connectivity index (χ2v) is 4.12. The predicted octanol–water partition coefficient (Wildman–Crippen LogP) is 2.24. The Morgan fingerprint density at radius 1 is 1.57 bits per heavy atom. The first-order valence-corrected chi connectivity index (χ1v) is 5.28. The van der Waals surface area contributed by atoms with Crippen molar-refractivity contribution in [3.8, 4) is 6.07 Å². The molecule has 3 nitrogen and oxygen atoms in total. The quantitative estimate of drug-likeness (QED) is 0.758.